The van der Waals surface area contributed by atoms with E-state index in [1.54, 1.807) is 0 Å². The van der Waals surface area contributed by atoms with Gasteiger partial charge < -0.3 is 14.7 Å². The lowest BCUT2D eigenvalue weighted by Crippen LogP contribution is -2.25. The average Bonchev–Trinajstić information content (AvgIpc) is 2.44. The average molecular weight is 225 g/mol. The van der Waals surface area contributed by atoms with Crippen LogP contribution in [0.3, 0.4) is 0 Å². The molecule has 1 heterocycles. The molecule has 1 atom stereocenters. The van der Waals surface area contributed by atoms with Crippen molar-refractivity contribution in [2.75, 3.05) is 0 Å². The van der Waals surface area contributed by atoms with Gasteiger partial charge in [-0.25, -0.2) is 0 Å². The Kier molecular flexibility index (Phi) is 2.50. The van der Waals surface area contributed by atoms with Crippen molar-refractivity contribution in [3.8, 4) is 0 Å². The maximum atomic E-state index is 10.6. The van der Waals surface area contributed by atoms with Crippen LogP contribution in [0, 0.1) is 5.41 Å². The van der Waals surface area contributed by atoms with E-state index in [0.29, 0.717) is 29.9 Å². The first kappa shape index (κ1) is 11.1. The lowest BCUT2D eigenvalue weighted by molar-refractivity contribution is -0.136. The van der Waals surface area contributed by atoms with Gasteiger partial charge in [0, 0.05) is 12.0 Å². The molecular formula is C11H15NO4. The molecule has 0 fully saturated rings. The largest absolute Gasteiger partial charge is 0.481 e. The van der Waals surface area contributed by atoms with Crippen molar-refractivity contribution in [2.24, 2.45) is 5.41 Å². The second-order valence-corrected chi connectivity index (χ2v) is 5.10. The van der Waals surface area contributed by atoms with E-state index in [0.717, 1.165) is 0 Å². The fourth-order valence-corrected chi connectivity index (χ4v) is 2.28. The summed E-state index contributed by atoms with van der Waals surface area (Å²) in [4.78, 5) is 10.6. The molecule has 0 aromatic carbocycles. The van der Waals surface area contributed by atoms with Gasteiger partial charge in [-0.1, -0.05) is 19.0 Å². The predicted octanol–water partition coefficient (Wildman–Crippen LogP) is 1.31. The van der Waals surface area contributed by atoms with E-state index < -0.39 is 12.1 Å². The van der Waals surface area contributed by atoms with Crippen LogP contribution in [0.15, 0.2) is 4.52 Å². The van der Waals surface area contributed by atoms with Crippen LogP contribution >= 0.6 is 0 Å². The van der Waals surface area contributed by atoms with Crippen molar-refractivity contribution >= 4 is 5.97 Å². The second-order valence-electron chi connectivity index (χ2n) is 5.10. The summed E-state index contributed by atoms with van der Waals surface area (Å²) in [5.41, 5.74) is 0.902. The van der Waals surface area contributed by atoms with Crippen LogP contribution in [0.4, 0.5) is 0 Å². The molecule has 0 saturated heterocycles. The van der Waals surface area contributed by atoms with Crippen LogP contribution in [0.25, 0.3) is 0 Å². The summed E-state index contributed by atoms with van der Waals surface area (Å²) >= 11 is 0. The maximum Gasteiger partial charge on any atom is 0.309 e. The van der Waals surface area contributed by atoms with Crippen LogP contribution in [-0.4, -0.2) is 21.3 Å². The van der Waals surface area contributed by atoms with E-state index >= 15 is 0 Å². The molecule has 1 aromatic rings. The molecule has 88 valence electrons. The smallest absolute Gasteiger partial charge is 0.309 e. The molecule has 1 aliphatic carbocycles. The first-order chi connectivity index (χ1) is 7.39. The van der Waals surface area contributed by atoms with E-state index in [-0.39, 0.29) is 11.8 Å². The Hall–Kier alpha value is -1.36. The molecule has 0 radical (unpaired) electrons. The fraction of sp³-hybridized carbons (Fsp3) is 0.636. The number of carboxylic acid groups (broad SMARTS) is 1. The molecule has 1 unspecified atom stereocenters. The summed E-state index contributed by atoms with van der Waals surface area (Å²) in [7, 11) is 0. The number of hydrogen-bond donors (Lipinski definition) is 2. The Bertz CT molecular complexity index is 422. The molecule has 2 rings (SSSR count). The maximum absolute atomic E-state index is 10.6. The topological polar surface area (TPSA) is 83.6 Å². The van der Waals surface area contributed by atoms with Crippen molar-refractivity contribution < 1.29 is 19.5 Å². The first-order valence-electron chi connectivity index (χ1n) is 5.26. The van der Waals surface area contributed by atoms with Gasteiger partial charge in [-0.05, 0) is 11.8 Å². The normalized spacial score (nSPS) is 22.8. The third-order valence-corrected chi connectivity index (χ3v) is 2.91. The fourth-order valence-electron chi connectivity index (χ4n) is 2.28. The minimum absolute atomic E-state index is 0.0353. The van der Waals surface area contributed by atoms with Crippen molar-refractivity contribution in [3.63, 3.8) is 0 Å². The van der Waals surface area contributed by atoms with E-state index in [2.05, 4.69) is 5.16 Å². The van der Waals surface area contributed by atoms with E-state index in [4.69, 9.17) is 9.63 Å². The minimum atomic E-state index is -0.965. The van der Waals surface area contributed by atoms with Gasteiger partial charge >= 0.3 is 5.97 Å². The highest BCUT2D eigenvalue weighted by Crippen LogP contribution is 2.42. The standard InChI is InChI=1S/C11H15NO4/c1-11(2)4-7(13)10-6(3-9(14)15)12-16-8(10)5-11/h7,13H,3-5H2,1-2H3,(H,14,15). The van der Waals surface area contributed by atoms with Gasteiger partial charge in [0.2, 0.25) is 0 Å². The van der Waals surface area contributed by atoms with Gasteiger partial charge in [0.15, 0.2) is 0 Å². The van der Waals surface area contributed by atoms with Crippen molar-refractivity contribution in [3.05, 3.63) is 17.0 Å². The molecule has 5 nitrogen and oxygen atoms in total. The quantitative estimate of drug-likeness (QED) is 0.792. The Morgan fingerprint density at radius 2 is 2.31 bits per heavy atom. The van der Waals surface area contributed by atoms with Crippen LogP contribution in [0.1, 0.15) is 43.4 Å². The molecule has 0 spiro atoms. The number of carboxylic acids is 1. The number of aliphatic carboxylic acids is 1. The van der Waals surface area contributed by atoms with E-state index in [1.165, 1.54) is 0 Å². The SMILES string of the molecule is CC1(C)Cc2onc(CC(=O)O)c2C(O)C1. The van der Waals surface area contributed by atoms with Gasteiger partial charge in [0.1, 0.15) is 11.5 Å². The van der Waals surface area contributed by atoms with Gasteiger partial charge in [-0.3, -0.25) is 4.79 Å². The van der Waals surface area contributed by atoms with Gasteiger partial charge in [-0.2, -0.15) is 0 Å². The minimum Gasteiger partial charge on any atom is -0.481 e. The number of rotatable bonds is 2. The summed E-state index contributed by atoms with van der Waals surface area (Å²) in [5, 5.41) is 22.4. The van der Waals surface area contributed by atoms with Crippen molar-refractivity contribution in [2.45, 2.75) is 39.2 Å². The molecule has 0 aliphatic heterocycles. The molecule has 0 amide bonds. The Morgan fingerprint density at radius 3 is 2.94 bits per heavy atom. The molecule has 16 heavy (non-hydrogen) atoms. The van der Waals surface area contributed by atoms with Crippen LogP contribution in [-0.2, 0) is 17.6 Å². The lowest BCUT2D eigenvalue weighted by Gasteiger charge is -2.31. The summed E-state index contributed by atoms with van der Waals surface area (Å²) < 4.78 is 5.12. The molecule has 0 saturated carbocycles. The molecule has 1 aliphatic rings. The summed E-state index contributed by atoms with van der Waals surface area (Å²) in [6.45, 7) is 4.08. The summed E-state index contributed by atoms with van der Waals surface area (Å²) in [6, 6.07) is 0. The molecule has 1 aromatic heterocycles. The highest BCUT2D eigenvalue weighted by Gasteiger charge is 2.36. The van der Waals surface area contributed by atoms with E-state index in [9.17, 15) is 9.90 Å². The van der Waals surface area contributed by atoms with Gasteiger partial charge in [0.25, 0.3) is 0 Å². The van der Waals surface area contributed by atoms with Gasteiger partial charge in [-0.15, -0.1) is 0 Å². The predicted molar refractivity (Wildman–Crippen MR) is 54.9 cm³/mol. The zero-order valence-corrected chi connectivity index (χ0v) is 9.36. The number of aliphatic hydroxyl groups is 1. The Balaban J connectivity index is 2.35. The number of aliphatic hydroxyl groups excluding tert-OH is 1. The molecular weight excluding hydrogens is 210 g/mol. The zero-order chi connectivity index (χ0) is 11.9. The third-order valence-electron chi connectivity index (χ3n) is 2.91. The molecule has 0 bridgehead atoms. The zero-order valence-electron chi connectivity index (χ0n) is 9.36. The number of aromatic nitrogens is 1. The third kappa shape index (κ3) is 1.95. The summed E-state index contributed by atoms with van der Waals surface area (Å²) in [5.74, 6) is -0.340. The number of carbonyl (C=O) groups is 1. The molecule has 5 heteroatoms. The molecule has 2 N–H and O–H groups in total. The second kappa shape index (κ2) is 3.59. The monoisotopic (exact) mass is 225 g/mol. The van der Waals surface area contributed by atoms with Crippen LogP contribution in [0.2, 0.25) is 0 Å². The highest BCUT2D eigenvalue weighted by atomic mass is 16.5. The number of fused-ring (bicyclic) bond motifs is 1. The Morgan fingerprint density at radius 1 is 1.62 bits per heavy atom. The summed E-state index contributed by atoms with van der Waals surface area (Å²) in [6.07, 6.45) is 0.426. The van der Waals surface area contributed by atoms with E-state index in [1.807, 2.05) is 13.8 Å². The number of hydrogen-bond acceptors (Lipinski definition) is 4. The lowest BCUT2D eigenvalue weighted by atomic mass is 9.75. The first-order valence-corrected chi connectivity index (χ1v) is 5.26. The Labute approximate surface area is 93.1 Å². The number of nitrogens with zero attached hydrogens (tertiary/aromatic N) is 1. The highest BCUT2D eigenvalue weighted by molar-refractivity contribution is 5.70. The van der Waals surface area contributed by atoms with Crippen molar-refractivity contribution in [1.29, 1.82) is 0 Å². The van der Waals surface area contributed by atoms with Crippen LogP contribution in [0.5, 0.6) is 0 Å². The van der Waals surface area contributed by atoms with Crippen LogP contribution < -0.4 is 0 Å². The van der Waals surface area contributed by atoms with Gasteiger partial charge in [0.05, 0.1) is 12.5 Å². The van der Waals surface area contributed by atoms with Crippen molar-refractivity contribution in [1.82, 2.24) is 5.16 Å².